The highest BCUT2D eigenvalue weighted by Crippen LogP contribution is 2.18. The maximum Gasteiger partial charge on any atom is 0.196 e. The largest absolute Gasteiger partial charge is 0.491 e. The molecule has 1 saturated heterocycles. The molecule has 2 aromatic rings. The van der Waals surface area contributed by atoms with Crippen molar-refractivity contribution in [2.24, 2.45) is 10.9 Å². The summed E-state index contributed by atoms with van der Waals surface area (Å²) in [6.45, 7) is 10.1. The van der Waals surface area contributed by atoms with Crippen molar-refractivity contribution in [3.05, 3.63) is 59.7 Å². The van der Waals surface area contributed by atoms with Gasteiger partial charge in [-0.25, -0.2) is 4.99 Å². The maximum atomic E-state index is 5.74. The molecule has 30 heavy (non-hydrogen) atoms. The zero-order valence-electron chi connectivity index (χ0n) is 18.5. The van der Waals surface area contributed by atoms with E-state index in [0.717, 1.165) is 30.5 Å². The number of ether oxygens (including phenoxy) is 1. The number of likely N-dealkylation sites (tertiary alicyclic amines) is 1. The van der Waals surface area contributed by atoms with E-state index in [9.17, 15) is 0 Å². The fraction of sp³-hybridized carbons (Fsp3) is 0.458. The fourth-order valence-electron chi connectivity index (χ4n) is 3.55. The number of hydrogen-bond acceptors (Lipinski definition) is 3. The van der Waals surface area contributed by atoms with Gasteiger partial charge in [0, 0.05) is 18.8 Å². The van der Waals surface area contributed by atoms with Crippen molar-refractivity contribution in [3.63, 3.8) is 0 Å². The number of hydrogen-bond donors (Lipinski definition) is 2. The number of rotatable bonds is 7. The number of guanidine groups is 1. The van der Waals surface area contributed by atoms with Gasteiger partial charge in [-0.15, -0.1) is 24.0 Å². The number of nitrogens with zero attached hydrogens (tertiary/aromatic N) is 2. The van der Waals surface area contributed by atoms with Crippen LogP contribution >= 0.6 is 24.0 Å². The quantitative estimate of drug-likeness (QED) is 0.308. The fourth-order valence-corrected chi connectivity index (χ4v) is 3.55. The summed E-state index contributed by atoms with van der Waals surface area (Å²) in [6.07, 6.45) is 1.40. The first-order chi connectivity index (χ1) is 14.0. The Labute approximate surface area is 198 Å². The van der Waals surface area contributed by atoms with Gasteiger partial charge in [-0.05, 0) is 82.1 Å². The lowest BCUT2D eigenvalue weighted by Crippen LogP contribution is -2.35. The monoisotopic (exact) mass is 522 g/mol. The van der Waals surface area contributed by atoms with Crippen molar-refractivity contribution in [2.45, 2.75) is 39.8 Å². The molecule has 0 aromatic heterocycles. The van der Waals surface area contributed by atoms with Gasteiger partial charge in [0.2, 0.25) is 0 Å². The second-order valence-corrected chi connectivity index (χ2v) is 8.21. The molecule has 5 nitrogen and oxygen atoms in total. The van der Waals surface area contributed by atoms with E-state index in [1.165, 1.54) is 24.1 Å². The summed E-state index contributed by atoms with van der Waals surface area (Å²) in [6, 6.07) is 16.5. The molecule has 2 N–H and O–H groups in total. The van der Waals surface area contributed by atoms with Gasteiger partial charge in [-0.1, -0.05) is 24.3 Å². The summed E-state index contributed by atoms with van der Waals surface area (Å²) in [4.78, 5) is 7.24. The number of halogens is 1. The molecule has 1 atom stereocenters. The van der Waals surface area contributed by atoms with Crippen LogP contribution in [-0.4, -0.2) is 43.6 Å². The third-order valence-corrected chi connectivity index (χ3v) is 5.20. The summed E-state index contributed by atoms with van der Waals surface area (Å²) in [5.41, 5.74) is 3.51. The number of anilines is 1. The summed E-state index contributed by atoms with van der Waals surface area (Å²) >= 11 is 0. The van der Waals surface area contributed by atoms with Crippen LogP contribution in [0, 0.1) is 12.8 Å². The standard InChI is InChI=1S/C24H34N4O.HI/c1-18(2)29-23-11-9-22(10-12-23)27-24(25-15-20-13-14-28(4)17-20)26-16-21-8-6-5-7-19(21)3;/h5-12,18,20H,13-17H2,1-4H3,(H2,25,26,27);1H. The van der Waals surface area contributed by atoms with Crippen molar-refractivity contribution < 1.29 is 4.74 Å². The van der Waals surface area contributed by atoms with Crippen LogP contribution in [-0.2, 0) is 6.54 Å². The lowest BCUT2D eigenvalue weighted by Gasteiger charge is -2.17. The van der Waals surface area contributed by atoms with Crippen LogP contribution in [0.3, 0.4) is 0 Å². The first kappa shape index (κ1) is 24.5. The highest BCUT2D eigenvalue weighted by molar-refractivity contribution is 14.0. The summed E-state index contributed by atoms with van der Waals surface area (Å²) in [5.74, 6) is 2.36. The molecule has 0 radical (unpaired) electrons. The molecule has 1 heterocycles. The SMILES string of the molecule is Cc1ccccc1CN=C(NCC1CCN(C)C1)Nc1ccc(OC(C)C)cc1.I. The third-order valence-electron chi connectivity index (χ3n) is 5.20. The Hall–Kier alpha value is -1.80. The summed E-state index contributed by atoms with van der Waals surface area (Å²) < 4.78 is 5.74. The summed E-state index contributed by atoms with van der Waals surface area (Å²) in [7, 11) is 2.19. The van der Waals surface area contributed by atoms with Gasteiger partial charge in [-0.3, -0.25) is 0 Å². The van der Waals surface area contributed by atoms with Gasteiger partial charge in [0.1, 0.15) is 5.75 Å². The molecule has 164 valence electrons. The van der Waals surface area contributed by atoms with Crippen LogP contribution in [0.15, 0.2) is 53.5 Å². The molecule has 3 rings (SSSR count). The molecule has 1 aliphatic heterocycles. The number of benzene rings is 2. The minimum absolute atomic E-state index is 0. The van der Waals surface area contributed by atoms with Gasteiger partial charge < -0.3 is 20.3 Å². The Balaban J connectivity index is 0.00000320. The van der Waals surface area contributed by atoms with Crippen molar-refractivity contribution in [1.82, 2.24) is 10.2 Å². The van der Waals surface area contributed by atoms with Crippen LogP contribution in [0.25, 0.3) is 0 Å². The van der Waals surface area contributed by atoms with Crippen LogP contribution in [0.2, 0.25) is 0 Å². The van der Waals surface area contributed by atoms with Crippen LogP contribution in [0.1, 0.15) is 31.4 Å². The van der Waals surface area contributed by atoms with Crippen molar-refractivity contribution >= 4 is 35.6 Å². The minimum atomic E-state index is 0. The average Bonchev–Trinajstić information content (AvgIpc) is 3.11. The second kappa shape index (κ2) is 12.2. The van der Waals surface area contributed by atoms with E-state index in [4.69, 9.17) is 9.73 Å². The van der Waals surface area contributed by atoms with E-state index in [2.05, 4.69) is 53.8 Å². The molecule has 0 saturated carbocycles. The van der Waals surface area contributed by atoms with Crippen molar-refractivity contribution in [2.75, 3.05) is 32.0 Å². The topological polar surface area (TPSA) is 48.9 Å². The smallest absolute Gasteiger partial charge is 0.196 e. The predicted octanol–water partition coefficient (Wildman–Crippen LogP) is 4.91. The molecule has 0 bridgehead atoms. The van der Waals surface area contributed by atoms with Gasteiger partial charge in [0.05, 0.1) is 12.6 Å². The number of nitrogens with one attached hydrogen (secondary N) is 2. The normalized spacial score (nSPS) is 17.0. The van der Waals surface area contributed by atoms with E-state index < -0.39 is 0 Å². The van der Waals surface area contributed by atoms with Crippen LogP contribution in [0.4, 0.5) is 5.69 Å². The predicted molar refractivity (Wildman–Crippen MR) is 137 cm³/mol. The Morgan fingerprint density at radius 1 is 1.17 bits per heavy atom. The molecule has 6 heteroatoms. The van der Waals surface area contributed by atoms with Gasteiger partial charge in [-0.2, -0.15) is 0 Å². The Kier molecular flexibility index (Phi) is 9.91. The molecular weight excluding hydrogens is 487 g/mol. The lowest BCUT2D eigenvalue weighted by atomic mass is 10.1. The number of aliphatic imine (C=N–C) groups is 1. The van der Waals surface area contributed by atoms with E-state index in [-0.39, 0.29) is 30.1 Å². The van der Waals surface area contributed by atoms with E-state index in [0.29, 0.717) is 12.5 Å². The molecule has 1 fully saturated rings. The molecular formula is C24H35IN4O. The molecule has 0 spiro atoms. The van der Waals surface area contributed by atoms with Gasteiger partial charge in [0.25, 0.3) is 0 Å². The highest BCUT2D eigenvalue weighted by Gasteiger charge is 2.19. The molecule has 0 amide bonds. The maximum absolute atomic E-state index is 5.74. The third kappa shape index (κ3) is 7.80. The molecule has 0 aliphatic carbocycles. The first-order valence-corrected chi connectivity index (χ1v) is 10.5. The molecule has 2 aromatic carbocycles. The van der Waals surface area contributed by atoms with Crippen molar-refractivity contribution in [1.29, 1.82) is 0 Å². The van der Waals surface area contributed by atoms with Crippen LogP contribution in [0.5, 0.6) is 5.75 Å². The Bertz CT molecular complexity index is 807. The first-order valence-electron chi connectivity index (χ1n) is 10.5. The van der Waals surface area contributed by atoms with E-state index in [1.54, 1.807) is 0 Å². The van der Waals surface area contributed by atoms with E-state index in [1.807, 2.05) is 38.1 Å². The molecule has 1 aliphatic rings. The summed E-state index contributed by atoms with van der Waals surface area (Å²) in [5, 5.41) is 7.00. The zero-order valence-corrected chi connectivity index (χ0v) is 20.9. The molecule has 1 unspecified atom stereocenters. The Morgan fingerprint density at radius 3 is 2.53 bits per heavy atom. The lowest BCUT2D eigenvalue weighted by molar-refractivity contribution is 0.242. The Morgan fingerprint density at radius 2 is 1.90 bits per heavy atom. The zero-order chi connectivity index (χ0) is 20.6. The number of aryl methyl sites for hydroxylation is 1. The van der Waals surface area contributed by atoms with Gasteiger partial charge >= 0.3 is 0 Å². The second-order valence-electron chi connectivity index (χ2n) is 8.21. The van der Waals surface area contributed by atoms with Crippen LogP contribution < -0.4 is 15.4 Å². The van der Waals surface area contributed by atoms with E-state index >= 15 is 0 Å². The van der Waals surface area contributed by atoms with Crippen molar-refractivity contribution in [3.8, 4) is 5.75 Å². The average molecular weight is 522 g/mol. The van der Waals surface area contributed by atoms with Gasteiger partial charge in [0.15, 0.2) is 5.96 Å². The minimum Gasteiger partial charge on any atom is -0.491 e. The highest BCUT2D eigenvalue weighted by atomic mass is 127.